The maximum atomic E-state index is 12.7. The summed E-state index contributed by atoms with van der Waals surface area (Å²) < 4.78 is 11.7. The number of para-hydroxylation sites is 1. The topological polar surface area (TPSA) is 67.8 Å². The van der Waals surface area contributed by atoms with E-state index in [1.807, 2.05) is 36.4 Å². The predicted octanol–water partition coefficient (Wildman–Crippen LogP) is 3.85. The highest BCUT2D eigenvalue weighted by molar-refractivity contribution is 6.02. The van der Waals surface area contributed by atoms with E-state index in [1.54, 1.807) is 0 Å². The lowest BCUT2D eigenvalue weighted by Gasteiger charge is -2.32. The molecule has 1 fully saturated rings. The van der Waals surface area contributed by atoms with E-state index < -0.39 is 0 Å². The monoisotopic (exact) mass is 359 g/mol. The summed E-state index contributed by atoms with van der Waals surface area (Å²) in [5, 5.41) is 11.8. The van der Waals surface area contributed by atoms with Gasteiger partial charge in [0, 0.05) is 18.7 Å². The third-order valence-electron chi connectivity index (χ3n) is 5.21. The van der Waals surface area contributed by atoms with Crippen LogP contribution < -0.4 is 5.32 Å². The summed E-state index contributed by atoms with van der Waals surface area (Å²) in [5.41, 5.74) is 0.755. The molecular formula is C21H29NO4. The van der Waals surface area contributed by atoms with E-state index in [9.17, 15) is 4.79 Å². The maximum absolute atomic E-state index is 12.7. The molecular weight excluding hydrogens is 330 g/mol. The van der Waals surface area contributed by atoms with Gasteiger partial charge in [0.1, 0.15) is 0 Å². The predicted molar refractivity (Wildman–Crippen MR) is 100 cm³/mol. The van der Waals surface area contributed by atoms with Crippen LogP contribution in [0.1, 0.15) is 44.9 Å². The molecule has 0 saturated heterocycles. The summed E-state index contributed by atoms with van der Waals surface area (Å²) in [6, 6.07) is 9.41. The molecule has 0 aromatic heterocycles. The third-order valence-corrected chi connectivity index (χ3v) is 5.21. The number of hydrogen-bond acceptors (Lipinski definition) is 4. The second-order valence-electron chi connectivity index (χ2n) is 7.14. The lowest BCUT2D eigenvalue weighted by molar-refractivity contribution is -0.148. The van der Waals surface area contributed by atoms with Crippen molar-refractivity contribution < 1.29 is 19.4 Å². The van der Waals surface area contributed by atoms with E-state index in [0.29, 0.717) is 24.2 Å². The smallest absolute Gasteiger partial charge is 0.290 e. The summed E-state index contributed by atoms with van der Waals surface area (Å²) in [4.78, 5) is 12.7. The van der Waals surface area contributed by atoms with E-state index >= 15 is 0 Å². The van der Waals surface area contributed by atoms with Crippen molar-refractivity contribution in [1.82, 2.24) is 0 Å². The molecule has 3 rings (SSSR count). The average Bonchev–Trinajstić information content (AvgIpc) is 3.21. The van der Waals surface area contributed by atoms with Gasteiger partial charge in [-0.3, -0.25) is 4.79 Å². The molecule has 1 aromatic rings. The Bertz CT molecular complexity index is 595. The highest BCUT2D eigenvalue weighted by Crippen LogP contribution is 2.38. The molecule has 0 bridgehead atoms. The summed E-state index contributed by atoms with van der Waals surface area (Å²) in [6.07, 6.45) is 8.88. The maximum Gasteiger partial charge on any atom is 0.290 e. The van der Waals surface area contributed by atoms with Crippen molar-refractivity contribution in [2.45, 2.75) is 51.2 Å². The normalized spacial score (nSPS) is 23.3. The molecule has 26 heavy (non-hydrogen) atoms. The molecule has 2 N–H and O–H groups in total. The number of hydrogen-bond donors (Lipinski definition) is 2. The number of carbonyl (C=O) groups excluding carboxylic acids is 1. The van der Waals surface area contributed by atoms with Gasteiger partial charge in [-0.05, 0) is 55.7 Å². The van der Waals surface area contributed by atoms with Crippen molar-refractivity contribution in [1.29, 1.82) is 0 Å². The number of anilines is 1. The molecule has 2 aliphatic rings. The molecule has 1 aliphatic carbocycles. The molecule has 2 atom stereocenters. The van der Waals surface area contributed by atoms with Gasteiger partial charge in [0.2, 0.25) is 6.29 Å². The summed E-state index contributed by atoms with van der Waals surface area (Å²) in [7, 11) is 0. The molecule has 142 valence electrons. The van der Waals surface area contributed by atoms with E-state index in [-0.39, 0.29) is 18.8 Å². The Morgan fingerprint density at radius 3 is 2.69 bits per heavy atom. The van der Waals surface area contributed by atoms with Crippen LogP contribution in [0, 0.1) is 11.8 Å². The number of nitrogens with one attached hydrogen (secondary N) is 1. The van der Waals surface area contributed by atoms with Gasteiger partial charge in [0.05, 0.1) is 6.61 Å². The Hall–Kier alpha value is -1.85. The molecule has 1 aromatic carbocycles. The van der Waals surface area contributed by atoms with Crippen molar-refractivity contribution in [3.05, 3.63) is 42.2 Å². The van der Waals surface area contributed by atoms with Gasteiger partial charge in [-0.25, -0.2) is 0 Å². The number of ether oxygens (including phenoxy) is 2. The lowest BCUT2D eigenvalue weighted by atomic mass is 9.86. The van der Waals surface area contributed by atoms with E-state index in [2.05, 4.69) is 5.32 Å². The van der Waals surface area contributed by atoms with Gasteiger partial charge in [-0.1, -0.05) is 31.0 Å². The van der Waals surface area contributed by atoms with E-state index in [4.69, 9.17) is 14.6 Å². The van der Waals surface area contributed by atoms with Crippen molar-refractivity contribution in [3.8, 4) is 0 Å². The van der Waals surface area contributed by atoms with E-state index in [0.717, 1.165) is 24.9 Å². The number of aliphatic hydroxyl groups is 1. The number of benzene rings is 1. The van der Waals surface area contributed by atoms with Crippen LogP contribution in [-0.4, -0.2) is 30.5 Å². The first-order chi connectivity index (χ1) is 12.8. The largest absolute Gasteiger partial charge is 0.459 e. The van der Waals surface area contributed by atoms with E-state index in [1.165, 1.54) is 25.7 Å². The standard InChI is InChI=1S/C21H29NO4/c23-12-6-7-13-25-20-15-17(16-8-4-5-9-16)14-19(26-20)21(24)22-18-10-2-1-3-11-18/h1-3,10-11,14,16-17,20,23H,4-9,12-13,15H2,(H,22,24)/t17-,20+/m1/s1. The van der Waals surface area contributed by atoms with Gasteiger partial charge in [-0.15, -0.1) is 0 Å². The van der Waals surface area contributed by atoms with Crippen molar-refractivity contribution in [2.24, 2.45) is 11.8 Å². The van der Waals surface area contributed by atoms with Crippen LogP contribution >= 0.6 is 0 Å². The number of amides is 1. The average molecular weight is 359 g/mol. The van der Waals surface area contributed by atoms with Crippen LogP contribution in [0.25, 0.3) is 0 Å². The van der Waals surface area contributed by atoms with Crippen LogP contribution in [0.15, 0.2) is 42.2 Å². The summed E-state index contributed by atoms with van der Waals surface area (Å²) in [5.74, 6) is 1.08. The Morgan fingerprint density at radius 1 is 1.19 bits per heavy atom. The van der Waals surface area contributed by atoms with Crippen molar-refractivity contribution in [2.75, 3.05) is 18.5 Å². The van der Waals surface area contributed by atoms with Gasteiger partial charge >= 0.3 is 0 Å². The Kier molecular flexibility index (Phi) is 7.09. The molecule has 1 aliphatic heterocycles. The zero-order valence-electron chi connectivity index (χ0n) is 15.2. The zero-order chi connectivity index (χ0) is 18.2. The second kappa shape index (κ2) is 9.74. The Labute approximate surface area is 155 Å². The first-order valence-electron chi connectivity index (χ1n) is 9.73. The van der Waals surface area contributed by atoms with Crippen molar-refractivity contribution in [3.63, 3.8) is 0 Å². The molecule has 0 spiro atoms. The summed E-state index contributed by atoms with van der Waals surface area (Å²) >= 11 is 0. The van der Waals surface area contributed by atoms with Crippen LogP contribution in [0.2, 0.25) is 0 Å². The Morgan fingerprint density at radius 2 is 1.96 bits per heavy atom. The molecule has 0 radical (unpaired) electrons. The first kappa shape index (κ1) is 18.9. The molecule has 1 saturated carbocycles. The fourth-order valence-electron chi connectivity index (χ4n) is 3.80. The fraction of sp³-hybridized carbons (Fsp3) is 0.571. The first-order valence-corrected chi connectivity index (χ1v) is 9.73. The van der Waals surface area contributed by atoms with Crippen LogP contribution in [-0.2, 0) is 14.3 Å². The van der Waals surface area contributed by atoms with Crippen LogP contribution in [0.3, 0.4) is 0 Å². The zero-order valence-corrected chi connectivity index (χ0v) is 15.2. The Balaban J connectivity index is 1.65. The number of allylic oxidation sites excluding steroid dienone is 1. The molecule has 1 amide bonds. The SMILES string of the molecule is O=C(Nc1ccccc1)C1=C[C@@H](C2CCCC2)C[C@@H](OCCCCO)O1. The summed E-state index contributed by atoms with van der Waals surface area (Å²) in [6.45, 7) is 0.709. The molecule has 5 nitrogen and oxygen atoms in total. The number of rotatable bonds is 8. The number of carbonyl (C=O) groups is 1. The minimum absolute atomic E-state index is 0.171. The van der Waals surface area contributed by atoms with Gasteiger partial charge in [-0.2, -0.15) is 0 Å². The van der Waals surface area contributed by atoms with Gasteiger partial charge < -0.3 is 19.9 Å². The lowest BCUT2D eigenvalue weighted by Crippen LogP contribution is -2.32. The fourth-order valence-corrected chi connectivity index (χ4v) is 3.80. The second-order valence-corrected chi connectivity index (χ2v) is 7.14. The van der Waals surface area contributed by atoms with Crippen LogP contribution in [0.5, 0.6) is 0 Å². The molecule has 1 heterocycles. The van der Waals surface area contributed by atoms with Crippen molar-refractivity contribution >= 4 is 11.6 Å². The van der Waals surface area contributed by atoms with Gasteiger partial charge in [0.15, 0.2) is 5.76 Å². The van der Waals surface area contributed by atoms with Crippen LogP contribution in [0.4, 0.5) is 5.69 Å². The third kappa shape index (κ3) is 5.32. The highest BCUT2D eigenvalue weighted by atomic mass is 16.7. The van der Waals surface area contributed by atoms with Gasteiger partial charge in [0.25, 0.3) is 5.91 Å². The minimum Gasteiger partial charge on any atom is -0.459 e. The quantitative estimate of drug-likeness (QED) is 0.692. The molecule has 0 unspecified atom stereocenters. The number of aliphatic hydroxyl groups excluding tert-OH is 1. The highest BCUT2D eigenvalue weighted by Gasteiger charge is 2.33. The number of unbranched alkanes of at least 4 members (excludes halogenated alkanes) is 1. The minimum atomic E-state index is -0.388. The molecule has 5 heteroatoms.